The molecule has 1 amide bonds. The Bertz CT molecular complexity index is 518. The molecule has 7 heteroatoms. The second-order valence-corrected chi connectivity index (χ2v) is 4.25. The zero-order valence-corrected chi connectivity index (χ0v) is 10.4. The highest BCUT2D eigenvalue weighted by atomic mass is 19.1. The zero-order chi connectivity index (χ0) is 13.8. The lowest BCUT2D eigenvalue weighted by molar-refractivity contribution is -0.119. The number of nitrogens with one attached hydrogen (secondary N) is 2. The highest BCUT2D eigenvalue weighted by Crippen LogP contribution is 2.20. The molecule has 1 aliphatic rings. The van der Waals surface area contributed by atoms with Crippen LogP contribution < -0.4 is 16.6 Å². The van der Waals surface area contributed by atoms with Crippen LogP contribution in [-0.2, 0) is 9.63 Å². The summed E-state index contributed by atoms with van der Waals surface area (Å²) in [4.78, 5) is 16.0. The van der Waals surface area contributed by atoms with Crippen LogP contribution >= 0.6 is 0 Å². The molecule has 0 fully saturated rings. The number of carbonyl (C=O) groups is 1. The van der Waals surface area contributed by atoms with Crippen molar-refractivity contribution in [1.29, 1.82) is 0 Å². The molecule has 1 atom stereocenters. The maximum atomic E-state index is 13.6. The SMILES string of the molecule is CC(=O)NC[C@H]1CC(c2ccc(NN)c(F)c2)=NO1. The predicted molar refractivity (Wildman–Crippen MR) is 68.9 cm³/mol. The van der Waals surface area contributed by atoms with Crippen LogP contribution in [0.5, 0.6) is 0 Å². The summed E-state index contributed by atoms with van der Waals surface area (Å²) in [6.07, 6.45) is 0.309. The molecule has 1 aromatic rings. The van der Waals surface area contributed by atoms with E-state index in [0.717, 1.165) is 0 Å². The first-order chi connectivity index (χ1) is 9.10. The molecule has 0 saturated heterocycles. The number of nitrogen functional groups attached to an aromatic ring is 1. The Labute approximate surface area is 109 Å². The average molecular weight is 266 g/mol. The molecule has 0 bridgehead atoms. The van der Waals surface area contributed by atoms with Crippen molar-refractivity contribution in [2.24, 2.45) is 11.0 Å². The minimum absolute atomic E-state index is 0.124. The Hall–Kier alpha value is -2.15. The van der Waals surface area contributed by atoms with Gasteiger partial charge < -0.3 is 15.6 Å². The summed E-state index contributed by atoms with van der Waals surface area (Å²) >= 11 is 0. The second-order valence-electron chi connectivity index (χ2n) is 4.25. The average Bonchev–Trinajstić information content (AvgIpc) is 2.85. The highest BCUT2D eigenvalue weighted by molar-refractivity contribution is 6.01. The van der Waals surface area contributed by atoms with E-state index in [-0.39, 0.29) is 17.7 Å². The minimum atomic E-state index is -0.451. The smallest absolute Gasteiger partial charge is 0.217 e. The van der Waals surface area contributed by atoms with Crippen LogP contribution in [-0.4, -0.2) is 24.3 Å². The van der Waals surface area contributed by atoms with Gasteiger partial charge >= 0.3 is 0 Å². The van der Waals surface area contributed by atoms with Crippen molar-refractivity contribution >= 4 is 17.3 Å². The number of amides is 1. The lowest BCUT2D eigenvalue weighted by Crippen LogP contribution is -2.30. The summed E-state index contributed by atoms with van der Waals surface area (Å²) in [6.45, 7) is 1.82. The monoisotopic (exact) mass is 266 g/mol. The van der Waals surface area contributed by atoms with Gasteiger partial charge in [0.25, 0.3) is 0 Å². The molecule has 0 aromatic heterocycles. The third kappa shape index (κ3) is 3.19. The van der Waals surface area contributed by atoms with Crippen LogP contribution in [0.25, 0.3) is 0 Å². The van der Waals surface area contributed by atoms with E-state index in [1.165, 1.54) is 19.1 Å². The van der Waals surface area contributed by atoms with E-state index in [9.17, 15) is 9.18 Å². The van der Waals surface area contributed by atoms with Gasteiger partial charge in [-0.05, 0) is 12.1 Å². The normalized spacial score (nSPS) is 17.6. The maximum Gasteiger partial charge on any atom is 0.217 e. The standard InChI is InChI=1S/C12H15FN4O2/c1-7(18)15-6-9-5-12(17-19-9)8-2-3-11(16-14)10(13)4-8/h2-4,9,16H,5-6,14H2,1H3,(H,15,18)/t9-/m1/s1. The second kappa shape index (κ2) is 5.66. The van der Waals surface area contributed by atoms with Gasteiger partial charge in [0, 0.05) is 18.9 Å². The number of anilines is 1. The van der Waals surface area contributed by atoms with E-state index in [2.05, 4.69) is 15.9 Å². The summed E-state index contributed by atoms with van der Waals surface area (Å²) in [5.41, 5.74) is 3.77. The summed E-state index contributed by atoms with van der Waals surface area (Å²) in [5.74, 6) is 4.58. The largest absolute Gasteiger partial charge is 0.390 e. The van der Waals surface area contributed by atoms with Gasteiger partial charge in [0.15, 0.2) is 0 Å². The molecule has 1 aromatic carbocycles. The summed E-state index contributed by atoms with van der Waals surface area (Å²) in [5, 5.41) is 6.56. The van der Waals surface area contributed by atoms with E-state index in [4.69, 9.17) is 10.7 Å². The van der Waals surface area contributed by atoms with Gasteiger partial charge in [0.2, 0.25) is 5.91 Å². The van der Waals surface area contributed by atoms with E-state index < -0.39 is 5.82 Å². The van der Waals surface area contributed by atoms with Gasteiger partial charge in [-0.25, -0.2) is 4.39 Å². The first-order valence-electron chi connectivity index (χ1n) is 5.84. The number of hydrogen-bond donors (Lipinski definition) is 3. The number of nitrogens with zero attached hydrogens (tertiary/aromatic N) is 1. The Kier molecular flexibility index (Phi) is 3.96. The third-order valence-corrected chi connectivity index (χ3v) is 2.77. The molecule has 6 nitrogen and oxygen atoms in total. The van der Waals surface area contributed by atoms with Crippen LogP contribution in [0.3, 0.4) is 0 Å². The van der Waals surface area contributed by atoms with Crippen LogP contribution in [0.4, 0.5) is 10.1 Å². The number of nitrogens with two attached hydrogens (primary N) is 1. The van der Waals surface area contributed by atoms with Crippen molar-refractivity contribution in [3.8, 4) is 0 Å². The van der Waals surface area contributed by atoms with Gasteiger partial charge in [-0.15, -0.1) is 0 Å². The number of halogens is 1. The fourth-order valence-corrected chi connectivity index (χ4v) is 1.78. The Morgan fingerprint density at radius 1 is 1.63 bits per heavy atom. The highest BCUT2D eigenvalue weighted by Gasteiger charge is 2.22. The number of benzene rings is 1. The lowest BCUT2D eigenvalue weighted by Gasteiger charge is -2.08. The third-order valence-electron chi connectivity index (χ3n) is 2.77. The lowest BCUT2D eigenvalue weighted by atomic mass is 10.0. The van der Waals surface area contributed by atoms with Crippen molar-refractivity contribution in [3.05, 3.63) is 29.6 Å². The number of oxime groups is 1. The van der Waals surface area contributed by atoms with Gasteiger partial charge in [-0.2, -0.15) is 0 Å². The molecule has 0 radical (unpaired) electrons. The molecular weight excluding hydrogens is 251 g/mol. The molecular formula is C12H15FN4O2. The number of carbonyl (C=O) groups excluding carboxylic acids is 1. The molecule has 102 valence electrons. The van der Waals surface area contributed by atoms with Gasteiger partial charge in [0.05, 0.1) is 17.9 Å². The molecule has 1 aliphatic heterocycles. The van der Waals surface area contributed by atoms with Crippen LogP contribution in [0.1, 0.15) is 18.9 Å². The number of rotatable bonds is 4. The van der Waals surface area contributed by atoms with Gasteiger partial charge in [-0.3, -0.25) is 10.6 Å². The molecule has 0 saturated carbocycles. The Morgan fingerprint density at radius 3 is 3.05 bits per heavy atom. The first-order valence-corrected chi connectivity index (χ1v) is 5.84. The minimum Gasteiger partial charge on any atom is -0.390 e. The summed E-state index contributed by atoms with van der Waals surface area (Å²) in [6, 6.07) is 4.59. The van der Waals surface area contributed by atoms with Gasteiger partial charge in [0.1, 0.15) is 11.9 Å². The molecule has 0 unspecified atom stereocenters. The summed E-state index contributed by atoms with van der Waals surface area (Å²) in [7, 11) is 0. The van der Waals surface area contributed by atoms with Crippen molar-refractivity contribution in [3.63, 3.8) is 0 Å². The maximum absolute atomic E-state index is 13.6. The predicted octanol–water partition coefficient (Wildman–Crippen LogP) is 0.740. The van der Waals surface area contributed by atoms with Crippen LogP contribution in [0.15, 0.2) is 23.4 Å². The van der Waals surface area contributed by atoms with E-state index in [1.807, 2.05) is 0 Å². The van der Waals surface area contributed by atoms with Crippen molar-refractivity contribution in [2.45, 2.75) is 19.4 Å². The fraction of sp³-hybridized carbons (Fsp3) is 0.333. The summed E-state index contributed by atoms with van der Waals surface area (Å²) < 4.78 is 13.6. The van der Waals surface area contributed by atoms with E-state index in [1.54, 1.807) is 6.07 Å². The Morgan fingerprint density at radius 2 is 2.42 bits per heavy atom. The molecule has 0 aliphatic carbocycles. The number of hydrogen-bond acceptors (Lipinski definition) is 5. The van der Waals surface area contributed by atoms with Crippen molar-refractivity contribution < 1.29 is 14.0 Å². The van der Waals surface area contributed by atoms with Gasteiger partial charge in [-0.1, -0.05) is 11.2 Å². The zero-order valence-electron chi connectivity index (χ0n) is 10.4. The van der Waals surface area contributed by atoms with Crippen molar-refractivity contribution in [1.82, 2.24) is 5.32 Å². The van der Waals surface area contributed by atoms with E-state index in [0.29, 0.717) is 24.2 Å². The van der Waals surface area contributed by atoms with Crippen molar-refractivity contribution in [2.75, 3.05) is 12.0 Å². The van der Waals surface area contributed by atoms with Crippen LogP contribution in [0, 0.1) is 5.82 Å². The first kappa shape index (κ1) is 13.3. The molecule has 1 heterocycles. The number of hydrazine groups is 1. The quantitative estimate of drug-likeness (QED) is 0.554. The van der Waals surface area contributed by atoms with Crippen LogP contribution in [0.2, 0.25) is 0 Å². The molecule has 19 heavy (non-hydrogen) atoms. The topological polar surface area (TPSA) is 88.7 Å². The molecule has 2 rings (SSSR count). The Balaban J connectivity index is 2.00. The molecule has 4 N–H and O–H groups in total. The molecule has 0 spiro atoms. The van der Waals surface area contributed by atoms with E-state index >= 15 is 0 Å². The fourth-order valence-electron chi connectivity index (χ4n) is 1.78.